The molecule has 4 rings (SSSR count). The zero-order valence-corrected chi connectivity index (χ0v) is 10.9. The Morgan fingerprint density at radius 1 is 0.833 bits per heavy atom. The van der Waals surface area contributed by atoms with Crippen molar-refractivity contribution in [3.8, 4) is 0 Å². The van der Waals surface area contributed by atoms with Gasteiger partial charge in [-0.1, -0.05) is 0 Å². The van der Waals surface area contributed by atoms with Crippen molar-refractivity contribution in [1.82, 2.24) is 0 Å². The zero-order valence-electron chi connectivity index (χ0n) is 10.9. The number of nitrogens with zero attached hydrogens (tertiary/aromatic N) is 2. The maximum atomic E-state index is 2.40. The van der Waals surface area contributed by atoms with Crippen LogP contribution in [0.1, 0.15) is 24.2 Å². The number of benzene rings is 1. The van der Waals surface area contributed by atoms with Crippen LogP contribution in [0.15, 0.2) is 36.7 Å². The number of aryl methyl sites for hydroxylation is 2. The number of hydrogen-bond acceptors (Lipinski definition) is 0. The smallest absolute Gasteiger partial charge is 0.130 e. The van der Waals surface area contributed by atoms with E-state index in [-0.39, 0.29) is 0 Å². The summed E-state index contributed by atoms with van der Waals surface area (Å²) in [6.07, 6.45) is 4.89. The van der Waals surface area contributed by atoms with E-state index < -0.39 is 0 Å². The summed E-state index contributed by atoms with van der Waals surface area (Å²) in [5.41, 5.74) is 5.37. The largest absolute Gasteiger partial charge is 0.350 e. The first kappa shape index (κ1) is 10.0. The highest BCUT2D eigenvalue weighted by molar-refractivity contribution is 5.99. The van der Waals surface area contributed by atoms with E-state index in [9.17, 15) is 0 Å². The molecule has 1 aliphatic heterocycles. The van der Waals surface area contributed by atoms with Gasteiger partial charge in [0.1, 0.15) is 0 Å². The minimum Gasteiger partial charge on any atom is -0.130 e. The summed E-state index contributed by atoms with van der Waals surface area (Å²) in [5.74, 6) is 0. The summed E-state index contributed by atoms with van der Waals surface area (Å²) in [6.45, 7) is 6.59. The van der Waals surface area contributed by atoms with E-state index >= 15 is 0 Å². The van der Waals surface area contributed by atoms with E-state index in [4.69, 9.17) is 0 Å². The third kappa shape index (κ3) is 1.08. The fraction of sp³-hybridized carbons (Fsp3) is 0.250. The van der Waals surface area contributed by atoms with Gasteiger partial charge in [-0.3, -0.25) is 0 Å². The summed E-state index contributed by atoms with van der Waals surface area (Å²) in [4.78, 5) is 0. The first-order valence-electron chi connectivity index (χ1n) is 6.45. The van der Waals surface area contributed by atoms with Gasteiger partial charge >= 0.3 is 6.17 Å². The normalized spacial score (nSPS) is 14.2. The quantitative estimate of drug-likeness (QED) is 0.418. The predicted molar refractivity (Wildman–Crippen MR) is 71.4 cm³/mol. The second-order valence-electron chi connectivity index (χ2n) is 5.42. The van der Waals surface area contributed by atoms with Gasteiger partial charge in [0.2, 0.25) is 0 Å². The van der Waals surface area contributed by atoms with Crippen molar-refractivity contribution in [1.29, 1.82) is 0 Å². The molecule has 0 atom stereocenters. The van der Waals surface area contributed by atoms with Gasteiger partial charge in [0.15, 0.2) is 12.4 Å². The van der Waals surface area contributed by atoms with Crippen LogP contribution < -0.4 is 9.13 Å². The van der Waals surface area contributed by atoms with Crippen molar-refractivity contribution in [3.63, 3.8) is 0 Å². The average molecular weight is 236 g/mol. The van der Waals surface area contributed by atoms with E-state index in [1.54, 1.807) is 0 Å². The number of aromatic nitrogens is 2. The Balaban J connectivity index is 2.33. The summed E-state index contributed by atoms with van der Waals surface area (Å²) < 4.78 is 4.79. The molecule has 2 aromatic heterocycles. The predicted octanol–water partition coefficient (Wildman–Crippen LogP) is 2.57. The van der Waals surface area contributed by atoms with Crippen LogP contribution in [0.4, 0.5) is 0 Å². The van der Waals surface area contributed by atoms with E-state index in [1.165, 1.54) is 32.9 Å². The van der Waals surface area contributed by atoms with Crippen LogP contribution in [0, 0.1) is 13.8 Å². The number of rotatable bonds is 0. The van der Waals surface area contributed by atoms with E-state index in [1.807, 2.05) is 0 Å². The molecule has 1 aliphatic rings. The van der Waals surface area contributed by atoms with Crippen molar-refractivity contribution in [2.24, 2.45) is 0 Å². The van der Waals surface area contributed by atoms with E-state index in [0.717, 1.165) is 0 Å². The Morgan fingerprint density at radius 3 is 1.72 bits per heavy atom. The van der Waals surface area contributed by atoms with Crippen LogP contribution in [0.2, 0.25) is 0 Å². The van der Waals surface area contributed by atoms with Gasteiger partial charge in [0.25, 0.3) is 11.0 Å². The van der Waals surface area contributed by atoms with Crippen molar-refractivity contribution >= 4 is 21.8 Å². The molecule has 0 spiro atoms. The standard InChI is InChI=1S/C16H16N2/c1-10-6-13-4-5-14-7-11(2)9-18-12(3)17(8-10)15(13)16(14)18/h4-9,12H,1-3H3/q+2. The first-order valence-corrected chi connectivity index (χ1v) is 6.45. The molecule has 1 aromatic carbocycles. The molecule has 0 amide bonds. The molecule has 0 bridgehead atoms. The van der Waals surface area contributed by atoms with Crippen molar-refractivity contribution in [2.45, 2.75) is 26.9 Å². The lowest BCUT2D eigenvalue weighted by Crippen LogP contribution is -2.50. The summed E-state index contributed by atoms with van der Waals surface area (Å²) >= 11 is 0. The lowest BCUT2D eigenvalue weighted by atomic mass is 10.1. The third-order valence-electron chi connectivity index (χ3n) is 3.99. The first-order chi connectivity index (χ1) is 8.65. The Bertz CT molecular complexity index is 750. The molecule has 3 heterocycles. The van der Waals surface area contributed by atoms with Gasteiger partial charge in [-0.2, -0.15) is 0 Å². The lowest BCUT2D eigenvalue weighted by molar-refractivity contribution is -0.902. The molecule has 3 aromatic rings. The SMILES string of the molecule is Cc1cc2ccc3cc(C)c[n+]4c3c2[n+](c1)C4C. The number of pyridine rings is 2. The summed E-state index contributed by atoms with van der Waals surface area (Å²) in [6, 6.07) is 9.02. The van der Waals surface area contributed by atoms with Crippen LogP contribution in [0.25, 0.3) is 21.8 Å². The van der Waals surface area contributed by atoms with Crippen LogP contribution in [-0.4, -0.2) is 0 Å². The molecule has 2 heteroatoms. The molecule has 0 saturated carbocycles. The molecule has 0 unspecified atom stereocenters. The highest BCUT2D eigenvalue weighted by Gasteiger charge is 2.38. The average Bonchev–Trinajstić information content (AvgIpc) is 2.61. The van der Waals surface area contributed by atoms with Crippen LogP contribution >= 0.6 is 0 Å². The maximum Gasteiger partial charge on any atom is 0.350 e. The topological polar surface area (TPSA) is 7.76 Å². The van der Waals surface area contributed by atoms with Gasteiger partial charge in [0.05, 0.1) is 17.7 Å². The molecular weight excluding hydrogens is 220 g/mol. The highest BCUT2D eigenvalue weighted by Crippen LogP contribution is 2.26. The fourth-order valence-electron chi connectivity index (χ4n) is 3.24. The monoisotopic (exact) mass is 236 g/mol. The Hall–Kier alpha value is -1.96. The van der Waals surface area contributed by atoms with Gasteiger partial charge in [0, 0.05) is 11.1 Å². The van der Waals surface area contributed by atoms with Gasteiger partial charge in [-0.05, 0) is 38.1 Å². The minimum absolute atomic E-state index is 0.368. The van der Waals surface area contributed by atoms with Crippen molar-refractivity contribution in [2.75, 3.05) is 0 Å². The maximum absolute atomic E-state index is 2.40. The molecule has 18 heavy (non-hydrogen) atoms. The summed E-state index contributed by atoms with van der Waals surface area (Å²) in [7, 11) is 0. The van der Waals surface area contributed by atoms with E-state index in [2.05, 4.69) is 66.6 Å². The third-order valence-corrected chi connectivity index (χ3v) is 3.99. The summed E-state index contributed by atoms with van der Waals surface area (Å²) in [5, 5.41) is 2.67. The van der Waals surface area contributed by atoms with Crippen molar-refractivity contribution < 1.29 is 9.13 Å². The molecule has 0 fully saturated rings. The minimum atomic E-state index is 0.368. The lowest BCUT2D eigenvalue weighted by Gasteiger charge is -1.97. The molecule has 0 N–H and O–H groups in total. The van der Waals surface area contributed by atoms with Gasteiger partial charge in [-0.15, -0.1) is 9.13 Å². The second kappa shape index (κ2) is 3.08. The highest BCUT2D eigenvalue weighted by atomic mass is 15.2. The molecule has 0 saturated heterocycles. The molecule has 0 radical (unpaired) electrons. The Kier molecular flexibility index (Phi) is 1.71. The second-order valence-corrected chi connectivity index (χ2v) is 5.42. The molecule has 88 valence electrons. The Labute approximate surface area is 106 Å². The molecule has 0 aliphatic carbocycles. The van der Waals surface area contributed by atoms with Crippen LogP contribution in [0.5, 0.6) is 0 Å². The van der Waals surface area contributed by atoms with Gasteiger partial charge < -0.3 is 0 Å². The molecule has 2 nitrogen and oxygen atoms in total. The number of hydrogen-bond donors (Lipinski definition) is 0. The van der Waals surface area contributed by atoms with Crippen LogP contribution in [-0.2, 0) is 0 Å². The Morgan fingerprint density at radius 2 is 1.28 bits per heavy atom. The fourth-order valence-corrected chi connectivity index (χ4v) is 3.24. The van der Waals surface area contributed by atoms with Crippen LogP contribution in [0.3, 0.4) is 0 Å². The zero-order chi connectivity index (χ0) is 12.4. The van der Waals surface area contributed by atoms with Gasteiger partial charge in [-0.25, -0.2) is 0 Å². The van der Waals surface area contributed by atoms with Crippen molar-refractivity contribution in [3.05, 3.63) is 47.8 Å². The van der Waals surface area contributed by atoms with E-state index in [0.29, 0.717) is 6.17 Å². The molecular formula is C16H16N2+2.